The molecule has 1 aromatic heterocycles. The largest absolute Gasteiger partial charge is 0.478 e. The number of hydrogen-bond donors (Lipinski definition) is 2. The first-order chi connectivity index (χ1) is 8.66. The van der Waals surface area contributed by atoms with Gasteiger partial charge in [-0.2, -0.15) is 0 Å². The number of para-hydroxylation sites is 1. The van der Waals surface area contributed by atoms with Crippen molar-refractivity contribution in [1.29, 1.82) is 0 Å². The number of benzene rings is 1. The van der Waals surface area contributed by atoms with E-state index in [1.807, 2.05) is 6.07 Å². The lowest BCUT2D eigenvalue weighted by Crippen LogP contribution is -2.04. The minimum Gasteiger partial charge on any atom is -0.478 e. The molecule has 3 rings (SSSR count). The van der Waals surface area contributed by atoms with E-state index in [2.05, 4.69) is 16.9 Å². The molecule has 18 heavy (non-hydrogen) atoms. The molecule has 1 aliphatic rings. The lowest BCUT2D eigenvalue weighted by atomic mass is 9.98. The predicted octanol–water partition coefficient (Wildman–Crippen LogP) is 3.16. The van der Waals surface area contributed by atoms with Crippen LogP contribution in [0.5, 0.6) is 0 Å². The van der Waals surface area contributed by atoms with Gasteiger partial charge < -0.3 is 10.1 Å². The second kappa shape index (κ2) is 4.12. The van der Waals surface area contributed by atoms with Crippen molar-refractivity contribution in [3.05, 3.63) is 29.6 Å². The minimum atomic E-state index is -0.918. The van der Waals surface area contributed by atoms with Crippen LogP contribution in [0.15, 0.2) is 18.2 Å². The molecular formula is C14H16N2O2. The maximum absolute atomic E-state index is 11.2. The first-order valence-corrected chi connectivity index (χ1v) is 6.38. The maximum atomic E-state index is 11.2. The van der Waals surface area contributed by atoms with Gasteiger partial charge in [0.25, 0.3) is 0 Å². The number of rotatable bonds is 2. The van der Waals surface area contributed by atoms with Crippen molar-refractivity contribution in [2.45, 2.75) is 32.1 Å². The fourth-order valence-corrected chi connectivity index (χ4v) is 2.95. The maximum Gasteiger partial charge on any atom is 0.337 e. The molecule has 0 spiro atoms. The lowest BCUT2D eigenvalue weighted by Gasteiger charge is -2.11. The summed E-state index contributed by atoms with van der Waals surface area (Å²) < 4.78 is 0. The van der Waals surface area contributed by atoms with Gasteiger partial charge in [-0.25, -0.2) is 9.78 Å². The Labute approximate surface area is 105 Å². The summed E-state index contributed by atoms with van der Waals surface area (Å²) in [5, 5.41) is 9.16. The lowest BCUT2D eigenvalue weighted by molar-refractivity contribution is 0.0699. The monoisotopic (exact) mass is 244 g/mol. The summed E-state index contributed by atoms with van der Waals surface area (Å²) >= 11 is 0. The summed E-state index contributed by atoms with van der Waals surface area (Å²) in [6.07, 6.45) is 3.60. The van der Waals surface area contributed by atoms with Gasteiger partial charge >= 0.3 is 5.97 Å². The Morgan fingerprint density at radius 3 is 2.94 bits per heavy atom. The number of nitrogens with one attached hydrogen (secondary N) is 1. The summed E-state index contributed by atoms with van der Waals surface area (Å²) in [5.41, 5.74) is 1.68. The number of aromatic nitrogens is 2. The van der Waals surface area contributed by atoms with E-state index in [9.17, 15) is 4.79 Å². The molecule has 0 amide bonds. The molecule has 0 aliphatic heterocycles. The number of carboxylic acid groups (broad SMARTS) is 1. The van der Waals surface area contributed by atoms with E-state index in [0.29, 0.717) is 17.4 Å². The number of aromatic amines is 1. The Hall–Kier alpha value is -1.84. The van der Waals surface area contributed by atoms with Crippen LogP contribution in [0.3, 0.4) is 0 Å². The molecular weight excluding hydrogens is 228 g/mol. The molecule has 2 N–H and O–H groups in total. The molecule has 0 bridgehead atoms. The summed E-state index contributed by atoms with van der Waals surface area (Å²) in [5.74, 6) is 1.10. The average Bonchev–Trinajstić information content (AvgIpc) is 2.92. The quantitative estimate of drug-likeness (QED) is 0.852. The number of carbonyl (C=O) groups is 1. The molecule has 94 valence electrons. The van der Waals surface area contributed by atoms with Gasteiger partial charge in [0.15, 0.2) is 0 Å². The summed E-state index contributed by atoms with van der Waals surface area (Å²) in [4.78, 5) is 19.0. The molecule has 2 unspecified atom stereocenters. The average molecular weight is 244 g/mol. The van der Waals surface area contributed by atoms with Crippen LogP contribution in [-0.2, 0) is 0 Å². The van der Waals surface area contributed by atoms with Gasteiger partial charge in [0.2, 0.25) is 0 Å². The predicted molar refractivity (Wildman–Crippen MR) is 68.8 cm³/mol. The van der Waals surface area contributed by atoms with Gasteiger partial charge in [-0.1, -0.05) is 19.4 Å². The van der Waals surface area contributed by atoms with Crippen LogP contribution in [0.4, 0.5) is 0 Å². The Bertz CT molecular complexity index is 603. The summed E-state index contributed by atoms with van der Waals surface area (Å²) in [7, 11) is 0. The van der Waals surface area contributed by atoms with Gasteiger partial charge in [0, 0.05) is 5.92 Å². The highest BCUT2D eigenvalue weighted by atomic mass is 16.4. The van der Waals surface area contributed by atoms with Gasteiger partial charge in [-0.3, -0.25) is 0 Å². The van der Waals surface area contributed by atoms with Crippen LogP contribution in [0.2, 0.25) is 0 Å². The topological polar surface area (TPSA) is 66.0 Å². The zero-order valence-electron chi connectivity index (χ0n) is 10.3. The third-order valence-electron chi connectivity index (χ3n) is 3.97. The third kappa shape index (κ3) is 1.68. The molecule has 1 saturated carbocycles. The van der Waals surface area contributed by atoms with Crippen molar-refractivity contribution in [2.75, 3.05) is 0 Å². The smallest absolute Gasteiger partial charge is 0.337 e. The normalized spacial score (nSPS) is 23.6. The Kier molecular flexibility index (Phi) is 2.58. The SMILES string of the molecule is CC1CCCC1c1nc2c(C(=O)O)cccc2[nH]1. The molecule has 2 aromatic rings. The first-order valence-electron chi connectivity index (χ1n) is 6.38. The van der Waals surface area contributed by atoms with Crippen LogP contribution in [-0.4, -0.2) is 21.0 Å². The van der Waals surface area contributed by atoms with Crippen LogP contribution >= 0.6 is 0 Å². The van der Waals surface area contributed by atoms with E-state index < -0.39 is 5.97 Å². The highest BCUT2D eigenvalue weighted by Crippen LogP contribution is 2.38. The highest BCUT2D eigenvalue weighted by Gasteiger charge is 2.28. The highest BCUT2D eigenvalue weighted by molar-refractivity contribution is 6.00. The molecule has 2 atom stereocenters. The van der Waals surface area contributed by atoms with Crippen LogP contribution in [0.25, 0.3) is 11.0 Å². The van der Waals surface area contributed by atoms with E-state index in [-0.39, 0.29) is 5.56 Å². The number of imidazole rings is 1. The van der Waals surface area contributed by atoms with E-state index in [1.165, 1.54) is 12.8 Å². The fraction of sp³-hybridized carbons (Fsp3) is 0.429. The number of aromatic carboxylic acids is 1. The number of fused-ring (bicyclic) bond motifs is 1. The first kappa shape index (κ1) is 11.3. The van der Waals surface area contributed by atoms with Crippen LogP contribution in [0.1, 0.15) is 48.3 Å². The molecule has 4 heteroatoms. The van der Waals surface area contributed by atoms with Crippen molar-refractivity contribution in [3.63, 3.8) is 0 Å². The molecule has 1 aliphatic carbocycles. The van der Waals surface area contributed by atoms with E-state index in [4.69, 9.17) is 5.11 Å². The van der Waals surface area contributed by atoms with Crippen LogP contribution < -0.4 is 0 Å². The zero-order valence-corrected chi connectivity index (χ0v) is 10.3. The summed E-state index contributed by atoms with van der Waals surface area (Å²) in [6, 6.07) is 5.25. The number of H-pyrrole nitrogens is 1. The molecule has 1 heterocycles. The molecule has 1 fully saturated rings. The van der Waals surface area contributed by atoms with E-state index in [1.54, 1.807) is 12.1 Å². The Balaban J connectivity index is 2.11. The Morgan fingerprint density at radius 2 is 2.28 bits per heavy atom. The van der Waals surface area contributed by atoms with E-state index in [0.717, 1.165) is 17.8 Å². The van der Waals surface area contributed by atoms with E-state index >= 15 is 0 Å². The van der Waals surface area contributed by atoms with Gasteiger partial charge in [-0.15, -0.1) is 0 Å². The van der Waals surface area contributed by atoms with Gasteiger partial charge in [0.05, 0.1) is 11.1 Å². The summed E-state index contributed by atoms with van der Waals surface area (Å²) in [6.45, 7) is 2.24. The number of nitrogens with zero attached hydrogens (tertiary/aromatic N) is 1. The number of carboxylic acids is 1. The second-order valence-electron chi connectivity index (χ2n) is 5.14. The van der Waals surface area contributed by atoms with Crippen molar-refractivity contribution in [2.24, 2.45) is 5.92 Å². The van der Waals surface area contributed by atoms with Gasteiger partial charge in [0.1, 0.15) is 11.3 Å². The number of hydrogen-bond acceptors (Lipinski definition) is 2. The fourth-order valence-electron chi connectivity index (χ4n) is 2.95. The standard InChI is InChI=1S/C14H16N2O2/c1-8-4-2-5-9(8)13-15-11-7-3-6-10(14(17)18)12(11)16-13/h3,6-9H,2,4-5H2,1H3,(H,15,16)(H,17,18). The second-order valence-corrected chi connectivity index (χ2v) is 5.14. The van der Waals surface area contributed by atoms with Gasteiger partial charge in [-0.05, 0) is 30.9 Å². The van der Waals surface area contributed by atoms with Crippen molar-refractivity contribution in [3.8, 4) is 0 Å². The molecule has 0 radical (unpaired) electrons. The Morgan fingerprint density at radius 1 is 1.44 bits per heavy atom. The zero-order chi connectivity index (χ0) is 12.7. The van der Waals surface area contributed by atoms with Crippen molar-refractivity contribution < 1.29 is 9.90 Å². The molecule has 4 nitrogen and oxygen atoms in total. The molecule has 1 aromatic carbocycles. The molecule has 0 saturated heterocycles. The third-order valence-corrected chi connectivity index (χ3v) is 3.97. The van der Waals surface area contributed by atoms with Crippen molar-refractivity contribution in [1.82, 2.24) is 9.97 Å². The van der Waals surface area contributed by atoms with Crippen molar-refractivity contribution >= 4 is 17.0 Å². The minimum absolute atomic E-state index is 0.278. The van der Waals surface area contributed by atoms with Crippen LogP contribution in [0, 0.1) is 5.92 Å².